The van der Waals surface area contributed by atoms with Gasteiger partial charge in [-0.2, -0.15) is 0 Å². The predicted molar refractivity (Wildman–Crippen MR) is 209 cm³/mol. The molecular formula is C43H47N3O11. The van der Waals surface area contributed by atoms with Gasteiger partial charge in [-0.3, -0.25) is 19.7 Å². The predicted octanol–water partition coefficient (Wildman–Crippen LogP) is 3.36. The van der Waals surface area contributed by atoms with Crippen molar-refractivity contribution in [1.82, 2.24) is 0 Å². The van der Waals surface area contributed by atoms with E-state index >= 15 is 0 Å². The van der Waals surface area contributed by atoms with Crippen LogP contribution in [0.2, 0.25) is 0 Å². The maximum Gasteiger partial charge on any atom is 0.327 e. The summed E-state index contributed by atoms with van der Waals surface area (Å²) in [6.45, 7) is -0.371. The minimum Gasteiger partial charge on any atom is -0.508 e. The number of aromatic hydroxyl groups is 2. The van der Waals surface area contributed by atoms with E-state index in [2.05, 4.69) is 22.1 Å². The molecule has 0 bridgehead atoms. The molecule has 0 spiro atoms. The number of rotatable bonds is 10. The number of phenols is 2. The number of benzene rings is 3. The smallest absolute Gasteiger partial charge is 0.327 e. The first-order chi connectivity index (χ1) is 27.5. The zero-order chi connectivity index (χ0) is 40.0. The minimum absolute atomic E-state index is 0.0557. The van der Waals surface area contributed by atoms with Gasteiger partial charge in [0.15, 0.2) is 11.5 Å². The van der Waals surface area contributed by atoms with Gasteiger partial charge in [-0.15, -0.1) is 0 Å². The van der Waals surface area contributed by atoms with Crippen LogP contribution in [0.15, 0.2) is 70.7 Å². The Hall–Kier alpha value is -5.12. The third kappa shape index (κ3) is 7.10. The third-order valence-corrected chi connectivity index (χ3v) is 12.6. The van der Waals surface area contributed by atoms with Gasteiger partial charge in [-0.25, -0.2) is 4.79 Å². The van der Waals surface area contributed by atoms with E-state index in [9.17, 15) is 45.3 Å². The van der Waals surface area contributed by atoms with Crippen LogP contribution >= 0.6 is 0 Å². The number of carbonyl (C=O) groups excluding carboxylic acids is 1. The maximum absolute atomic E-state index is 14.5. The number of aliphatic imine (C=N–C) groups is 2. The molecule has 5 aliphatic rings. The number of hydrogen-bond donors (Lipinski definition) is 7. The monoisotopic (exact) mass is 781 g/mol. The highest BCUT2D eigenvalue weighted by molar-refractivity contribution is 6.32. The van der Waals surface area contributed by atoms with Crippen LogP contribution in [0.5, 0.6) is 17.2 Å². The van der Waals surface area contributed by atoms with Gasteiger partial charge in [-0.05, 0) is 90.0 Å². The number of aryl methyl sites for hydroxylation is 1. The molecule has 3 aromatic rings. The molecule has 57 heavy (non-hydrogen) atoms. The molecule has 0 unspecified atom stereocenters. The van der Waals surface area contributed by atoms with Crippen molar-refractivity contribution in [2.75, 3.05) is 18.2 Å². The van der Waals surface area contributed by atoms with Gasteiger partial charge in [0.2, 0.25) is 6.29 Å². The normalized spacial score (nSPS) is 30.5. The fourth-order valence-electron chi connectivity index (χ4n) is 9.85. The largest absolute Gasteiger partial charge is 0.508 e. The fourth-order valence-corrected chi connectivity index (χ4v) is 9.85. The second kappa shape index (κ2) is 15.7. The van der Waals surface area contributed by atoms with E-state index in [0.717, 1.165) is 38.5 Å². The molecule has 1 amide bonds. The Bertz CT molecular complexity index is 2130. The van der Waals surface area contributed by atoms with E-state index in [-0.39, 0.29) is 22.6 Å². The quantitative estimate of drug-likeness (QED) is 0.148. The molecule has 8 rings (SSSR count). The van der Waals surface area contributed by atoms with E-state index in [1.54, 1.807) is 24.4 Å². The van der Waals surface area contributed by atoms with Gasteiger partial charge < -0.3 is 45.2 Å². The summed E-state index contributed by atoms with van der Waals surface area (Å²) in [5, 5.41) is 74.2. The zero-order valence-corrected chi connectivity index (χ0v) is 31.2. The van der Waals surface area contributed by atoms with Crippen LogP contribution in [0.4, 0.5) is 5.69 Å². The summed E-state index contributed by atoms with van der Waals surface area (Å²) < 4.78 is 11.4. The number of nitrogens with zero attached hydrogens (tertiary/aromatic N) is 3. The van der Waals surface area contributed by atoms with Gasteiger partial charge in [0.25, 0.3) is 5.91 Å². The molecule has 3 heterocycles. The summed E-state index contributed by atoms with van der Waals surface area (Å²) in [6.07, 6.45) is 2.90. The molecule has 3 aliphatic heterocycles. The van der Waals surface area contributed by atoms with Crippen molar-refractivity contribution in [3.05, 3.63) is 88.5 Å². The van der Waals surface area contributed by atoms with E-state index in [4.69, 9.17) is 9.47 Å². The number of phenolic OH excluding ortho intramolecular Hbond substituents is 2. The molecule has 300 valence electrons. The number of aliphatic hydroxyl groups excluding tert-OH is 4. The topological polar surface area (TPSA) is 222 Å². The average molecular weight is 782 g/mol. The Morgan fingerprint density at radius 1 is 0.982 bits per heavy atom. The number of aliphatic hydroxyl groups is 4. The molecule has 0 radical (unpaired) electrons. The van der Waals surface area contributed by atoms with Gasteiger partial charge in [-0.1, -0.05) is 43.2 Å². The molecule has 0 aromatic heterocycles. The second-order valence-electron chi connectivity index (χ2n) is 15.8. The van der Waals surface area contributed by atoms with Crippen LogP contribution in [0.3, 0.4) is 0 Å². The Morgan fingerprint density at radius 3 is 2.58 bits per heavy atom. The molecule has 9 atom stereocenters. The van der Waals surface area contributed by atoms with Crippen LogP contribution in [0.1, 0.15) is 72.3 Å². The molecule has 2 fully saturated rings. The zero-order valence-electron chi connectivity index (χ0n) is 31.2. The summed E-state index contributed by atoms with van der Waals surface area (Å²) in [5.74, 6) is -2.96. The highest BCUT2D eigenvalue weighted by atomic mass is 16.7. The van der Waals surface area contributed by atoms with E-state index < -0.39 is 66.9 Å². The minimum atomic E-state index is -1.78. The van der Waals surface area contributed by atoms with E-state index in [0.29, 0.717) is 47.8 Å². The summed E-state index contributed by atoms with van der Waals surface area (Å²) in [5.41, 5.74) is 4.56. The summed E-state index contributed by atoms with van der Waals surface area (Å²) in [6, 6.07) is 14.6. The lowest BCUT2D eigenvalue weighted by molar-refractivity contribution is -0.277. The Labute approximate surface area is 329 Å². The Balaban J connectivity index is 1.19. The lowest BCUT2D eigenvalue weighted by atomic mass is 9.54. The van der Waals surface area contributed by atoms with Crippen LogP contribution in [0, 0.1) is 5.92 Å². The number of anilines is 1. The standard InChI is InChI=1S/C43H47N3O11/c47-21-35-38(51)39(52)40(53)42(57-35)56-34-18-31-28(17-33(34)49)29(19-43-14-4-3-6-26(43)11-10-24-5-1-2-7-30(24)43)37(41(54)55)46(31)36(50)13-9-23-8-12-32(48)25(15-23)16-27-20-44-22-45-27/h1-2,5,7-9,12-13,15,17-18,20,26,29,35,37-40,42,47-49,51-53H,3-4,6,10-11,14,16,19,21-22H2,(H,54,55)/t26-,29+,35+,37+,38+,39-,40+,42-,43+/m0/s1. The summed E-state index contributed by atoms with van der Waals surface area (Å²) >= 11 is 0. The lowest BCUT2D eigenvalue weighted by Gasteiger charge is -2.50. The average Bonchev–Trinajstić information content (AvgIpc) is 3.84. The second-order valence-corrected chi connectivity index (χ2v) is 15.8. The molecule has 3 aromatic carbocycles. The van der Waals surface area contributed by atoms with E-state index in [1.165, 1.54) is 40.3 Å². The number of carbonyl (C=O) groups is 2. The van der Waals surface area contributed by atoms with Crippen molar-refractivity contribution < 1.29 is 54.8 Å². The van der Waals surface area contributed by atoms with Crippen molar-refractivity contribution in [2.24, 2.45) is 15.9 Å². The number of carboxylic acids is 1. The van der Waals surface area contributed by atoms with Crippen molar-refractivity contribution in [3.8, 4) is 17.2 Å². The molecule has 7 N–H and O–H groups in total. The molecule has 14 nitrogen and oxygen atoms in total. The Morgan fingerprint density at radius 2 is 1.81 bits per heavy atom. The van der Waals surface area contributed by atoms with Gasteiger partial charge in [0.1, 0.15) is 42.9 Å². The van der Waals surface area contributed by atoms with Crippen molar-refractivity contribution in [2.45, 2.75) is 99.4 Å². The number of carboxylic acid groups (broad SMARTS) is 1. The van der Waals surface area contributed by atoms with Crippen LogP contribution in [0.25, 0.3) is 6.08 Å². The third-order valence-electron chi connectivity index (χ3n) is 12.6. The molecular weight excluding hydrogens is 734 g/mol. The molecule has 1 saturated carbocycles. The van der Waals surface area contributed by atoms with E-state index in [1.807, 2.05) is 12.1 Å². The number of fused-ring (bicyclic) bond motifs is 4. The maximum atomic E-state index is 14.5. The van der Waals surface area contributed by atoms with Crippen molar-refractivity contribution in [3.63, 3.8) is 0 Å². The lowest BCUT2D eigenvalue weighted by Crippen LogP contribution is -2.60. The van der Waals surface area contributed by atoms with Crippen molar-refractivity contribution >= 4 is 35.6 Å². The Kier molecular flexibility index (Phi) is 10.7. The highest BCUT2D eigenvalue weighted by Crippen LogP contribution is 2.58. The number of ether oxygens (including phenoxy) is 2. The number of aliphatic carboxylic acids is 1. The number of hydrogen-bond acceptors (Lipinski definition) is 12. The summed E-state index contributed by atoms with van der Waals surface area (Å²) in [4.78, 5) is 37.6. The van der Waals surface area contributed by atoms with Gasteiger partial charge in [0, 0.05) is 36.3 Å². The van der Waals surface area contributed by atoms with Gasteiger partial charge >= 0.3 is 5.97 Å². The molecule has 2 aliphatic carbocycles. The highest BCUT2D eigenvalue weighted by Gasteiger charge is 2.53. The summed E-state index contributed by atoms with van der Waals surface area (Å²) in [7, 11) is 0. The van der Waals surface area contributed by atoms with Gasteiger partial charge in [0.05, 0.1) is 18.0 Å². The van der Waals surface area contributed by atoms with Crippen LogP contribution in [-0.4, -0.2) is 110 Å². The molecule has 14 heteroatoms. The fraction of sp³-hybridized carbons (Fsp3) is 0.442. The first-order valence-electron chi connectivity index (χ1n) is 19.5. The number of amides is 1. The van der Waals surface area contributed by atoms with Crippen LogP contribution < -0.4 is 9.64 Å². The SMILES string of the molecule is O=C(O)[C@H]1[C@H](C[C@]23CCCC[C@H]2CCc2ccccc23)c2cc(O)c(O[C@H]3O[C@H](CO)[C@@H](O)[C@H](O)[C@H]3O)cc2N1C(=O)C=Cc1ccc(O)c(CC2=NCN=C2)c1. The first-order valence-corrected chi connectivity index (χ1v) is 19.5. The molecule has 1 saturated heterocycles. The van der Waals surface area contributed by atoms with Crippen molar-refractivity contribution in [1.29, 1.82) is 0 Å². The van der Waals surface area contributed by atoms with Crippen LogP contribution in [-0.2, 0) is 32.6 Å². The first kappa shape index (κ1) is 38.7.